The summed E-state index contributed by atoms with van der Waals surface area (Å²) in [6.45, 7) is 0. The Labute approximate surface area is 140 Å². The van der Waals surface area contributed by atoms with E-state index in [0.717, 1.165) is 19.3 Å². The Hall–Kier alpha value is 0.240. The van der Waals surface area contributed by atoms with E-state index in [9.17, 15) is 8.42 Å². The van der Waals surface area contributed by atoms with Crippen molar-refractivity contribution in [1.82, 2.24) is 4.72 Å². The van der Waals surface area contributed by atoms with E-state index >= 15 is 0 Å². The first-order chi connectivity index (χ1) is 9.35. The van der Waals surface area contributed by atoms with Crippen molar-refractivity contribution in [2.75, 3.05) is 12.0 Å². The lowest BCUT2D eigenvalue weighted by Crippen LogP contribution is -2.38. The molecule has 0 bridgehead atoms. The molecule has 1 aliphatic rings. The standard InChI is InChI=1S/C12H16Br2N2O2S2/c1-19-11-4-2-3-10(11)16-20(17,18)12-8(13)5-7(15)6-9(12)14/h5-6,10-11,16H,2-4,15H2,1H3. The lowest BCUT2D eigenvalue weighted by Gasteiger charge is -2.20. The summed E-state index contributed by atoms with van der Waals surface area (Å²) in [6.07, 6.45) is 5.02. The largest absolute Gasteiger partial charge is 0.399 e. The molecule has 2 unspecified atom stereocenters. The van der Waals surface area contributed by atoms with Gasteiger partial charge in [0.2, 0.25) is 10.0 Å². The summed E-state index contributed by atoms with van der Waals surface area (Å²) in [6, 6.07) is 3.19. The Morgan fingerprint density at radius 3 is 2.45 bits per heavy atom. The second-order valence-electron chi connectivity index (χ2n) is 4.75. The van der Waals surface area contributed by atoms with Gasteiger partial charge in [0.25, 0.3) is 0 Å². The first-order valence-corrected chi connectivity index (χ1v) is 10.5. The minimum atomic E-state index is -3.58. The molecule has 0 heterocycles. The van der Waals surface area contributed by atoms with E-state index in [1.54, 1.807) is 23.9 Å². The van der Waals surface area contributed by atoms with Gasteiger partial charge in [0.05, 0.1) is 0 Å². The Morgan fingerprint density at radius 1 is 1.30 bits per heavy atom. The molecule has 8 heteroatoms. The van der Waals surface area contributed by atoms with Crippen LogP contribution in [0.2, 0.25) is 0 Å². The van der Waals surface area contributed by atoms with Crippen molar-refractivity contribution in [3.63, 3.8) is 0 Å². The molecule has 2 atom stereocenters. The zero-order valence-electron chi connectivity index (χ0n) is 10.9. The lowest BCUT2D eigenvalue weighted by molar-refractivity contribution is 0.554. The number of halogens is 2. The van der Waals surface area contributed by atoms with Crippen LogP contribution in [0.4, 0.5) is 5.69 Å². The van der Waals surface area contributed by atoms with Gasteiger partial charge in [0, 0.05) is 25.9 Å². The molecule has 1 saturated carbocycles. The number of sulfonamides is 1. The fourth-order valence-electron chi connectivity index (χ4n) is 2.44. The van der Waals surface area contributed by atoms with Gasteiger partial charge in [-0.05, 0) is 63.1 Å². The van der Waals surface area contributed by atoms with Gasteiger partial charge in [0.15, 0.2) is 0 Å². The van der Waals surface area contributed by atoms with Crippen LogP contribution >= 0.6 is 43.6 Å². The van der Waals surface area contributed by atoms with E-state index in [2.05, 4.69) is 36.6 Å². The summed E-state index contributed by atoms with van der Waals surface area (Å²) in [5, 5.41) is 0.344. The average Bonchev–Trinajstić information content (AvgIpc) is 2.73. The van der Waals surface area contributed by atoms with Gasteiger partial charge in [-0.1, -0.05) is 6.42 Å². The van der Waals surface area contributed by atoms with Gasteiger partial charge in [-0.25, -0.2) is 13.1 Å². The maximum atomic E-state index is 12.6. The van der Waals surface area contributed by atoms with Crippen LogP contribution in [0.3, 0.4) is 0 Å². The van der Waals surface area contributed by atoms with Crippen molar-refractivity contribution in [3.05, 3.63) is 21.1 Å². The van der Waals surface area contributed by atoms with Crippen LogP contribution in [0, 0.1) is 0 Å². The zero-order valence-corrected chi connectivity index (χ0v) is 15.7. The first kappa shape index (κ1) is 16.6. The molecule has 0 radical (unpaired) electrons. The SMILES string of the molecule is CSC1CCCC1NS(=O)(=O)c1c(Br)cc(N)cc1Br. The molecule has 0 saturated heterocycles. The Kier molecular flexibility index (Phi) is 5.45. The van der Waals surface area contributed by atoms with Crippen molar-refractivity contribution in [1.29, 1.82) is 0 Å². The highest BCUT2D eigenvalue weighted by Crippen LogP contribution is 2.34. The third-order valence-corrected chi connectivity index (χ3v) is 7.89. The van der Waals surface area contributed by atoms with E-state index in [1.807, 2.05) is 6.26 Å². The Morgan fingerprint density at radius 2 is 1.90 bits per heavy atom. The fourth-order valence-corrected chi connectivity index (χ4v) is 7.39. The van der Waals surface area contributed by atoms with Crippen LogP contribution in [-0.2, 0) is 10.0 Å². The van der Waals surface area contributed by atoms with Crippen LogP contribution < -0.4 is 10.5 Å². The molecule has 112 valence electrons. The molecule has 20 heavy (non-hydrogen) atoms. The molecule has 1 fully saturated rings. The van der Waals surface area contributed by atoms with Gasteiger partial charge < -0.3 is 5.73 Å². The van der Waals surface area contributed by atoms with Crippen LogP contribution in [0.5, 0.6) is 0 Å². The topological polar surface area (TPSA) is 72.2 Å². The predicted molar refractivity (Wildman–Crippen MR) is 91.5 cm³/mol. The van der Waals surface area contributed by atoms with Crippen molar-refractivity contribution >= 4 is 59.3 Å². The van der Waals surface area contributed by atoms with E-state index in [0.29, 0.717) is 19.9 Å². The highest BCUT2D eigenvalue weighted by molar-refractivity contribution is 9.11. The van der Waals surface area contributed by atoms with Crippen LogP contribution in [0.15, 0.2) is 26.0 Å². The first-order valence-electron chi connectivity index (χ1n) is 6.15. The molecule has 2 rings (SSSR count). The maximum Gasteiger partial charge on any atom is 0.243 e. The molecule has 0 amide bonds. The van der Waals surface area contributed by atoms with E-state index in [4.69, 9.17) is 5.73 Å². The zero-order chi connectivity index (χ0) is 14.9. The van der Waals surface area contributed by atoms with Crippen molar-refractivity contribution < 1.29 is 8.42 Å². The summed E-state index contributed by atoms with van der Waals surface area (Å²) in [4.78, 5) is 0.207. The van der Waals surface area contributed by atoms with Crippen molar-refractivity contribution in [2.45, 2.75) is 35.4 Å². The molecule has 4 nitrogen and oxygen atoms in total. The predicted octanol–water partition coefficient (Wildman–Crippen LogP) is 3.36. The quantitative estimate of drug-likeness (QED) is 0.699. The molecular weight excluding hydrogens is 428 g/mol. The second kappa shape index (κ2) is 6.56. The smallest absolute Gasteiger partial charge is 0.243 e. The van der Waals surface area contributed by atoms with Crippen LogP contribution in [0.1, 0.15) is 19.3 Å². The van der Waals surface area contributed by atoms with E-state index in [-0.39, 0.29) is 10.9 Å². The number of benzene rings is 1. The number of thioether (sulfide) groups is 1. The second-order valence-corrected chi connectivity index (χ2v) is 9.18. The number of hydrogen-bond acceptors (Lipinski definition) is 4. The molecule has 1 aliphatic carbocycles. The minimum absolute atomic E-state index is 0.00801. The van der Waals surface area contributed by atoms with E-state index in [1.165, 1.54) is 0 Å². The molecule has 0 aromatic heterocycles. The lowest BCUT2D eigenvalue weighted by atomic mass is 10.3. The van der Waals surface area contributed by atoms with Crippen molar-refractivity contribution in [2.24, 2.45) is 0 Å². The van der Waals surface area contributed by atoms with E-state index < -0.39 is 10.0 Å². The highest BCUT2D eigenvalue weighted by Gasteiger charge is 2.32. The third-order valence-electron chi connectivity index (χ3n) is 3.35. The molecule has 1 aromatic carbocycles. The summed E-state index contributed by atoms with van der Waals surface area (Å²) in [5.41, 5.74) is 6.21. The van der Waals surface area contributed by atoms with Gasteiger partial charge in [-0.2, -0.15) is 11.8 Å². The van der Waals surface area contributed by atoms with Crippen LogP contribution in [0.25, 0.3) is 0 Å². The third kappa shape index (κ3) is 3.52. The summed E-state index contributed by atoms with van der Waals surface area (Å²) in [5.74, 6) is 0. The van der Waals surface area contributed by atoms with Gasteiger partial charge in [0.1, 0.15) is 4.90 Å². The molecule has 1 aromatic rings. The number of rotatable bonds is 4. The molecular formula is C12H16Br2N2O2S2. The summed E-state index contributed by atoms with van der Waals surface area (Å²) < 4.78 is 28.9. The van der Waals surface area contributed by atoms with Crippen LogP contribution in [-0.4, -0.2) is 26.0 Å². The van der Waals surface area contributed by atoms with Crippen molar-refractivity contribution in [3.8, 4) is 0 Å². The van der Waals surface area contributed by atoms with Gasteiger partial charge >= 0.3 is 0 Å². The normalized spacial score (nSPS) is 23.1. The fraction of sp³-hybridized carbons (Fsp3) is 0.500. The molecule has 0 spiro atoms. The minimum Gasteiger partial charge on any atom is -0.399 e. The Bertz CT molecular complexity index is 584. The average molecular weight is 444 g/mol. The summed E-state index contributed by atoms with van der Waals surface area (Å²) >= 11 is 8.28. The number of anilines is 1. The van der Waals surface area contributed by atoms with Gasteiger partial charge in [-0.3, -0.25) is 0 Å². The molecule has 3 N–H and O–H groups in total. The Balaban J connectivity index is 2.32. The monoisotopic (exact) mass is 442 g/mol. The van der Waals surface area contributed by atoms with Gasteiger partial charge in [-0.15, -0.1) is 0 Å². The number of nitrogen functional groups attached to an aromatic ring is 1. The summed E-state index contributed by atoms with van der Waals surface area (Å²) in [7, 11) is -3.58. The number of nitrogens with one attached hydrogen (secondary N) is 1. The number of nitrogens with two attached hydrogens (primary N) is 1. The maximum absolute atomic E-state index is 12.6. The molecule has 0 aliphatic heterocycles. The number of hydrogen-bond donors (Lipinski definition) is 2. The highest BCUT2D eigenvalue weighted by atomic mass is 79.9.